The molecule has 5 nitrogen and oxygen atoms in total. The molecular weight excluding hydrogens is 457 g/mol. The Morgan fingerprint density at radius 3 is 2.54 bits per heavy atom. The van der Waals surface area contributed by atoms with Crippen LogP contribution in [0, 0.1) is 0 Å². The van der Waals surface area contributed by atoms with Gasteiger partial charge in [-0.25, -0.2) is 9.50 Å². The van der Waals surface area contributed by atoms with E-state index in [1.807, 2.05) is 0 Å². The van der Waals surface area contributed by atoms with Gasteiger partial charge in [-0.3, -0.25) is 4.79 Å². The number of alkyl halides is 3. The van der Waals surface area contributed by atoms with Gasteiger partial charge >= 0.3 is 6.18 Å². The van der Waals surface area contributed by atoms with E-state index in [0.29, 0.717) is 15.1 Å². The van der Waals surface area contributed by atoms with Crippen molar-refractivity contribution in [2.24, 2.45) is 0 Å². The topological polar surface area (TPSA) is 59.3 Å². The number of benzene rings is 1. The molecule has 3 heterocycles. The summed E-state index contributed by atoms with van der Waals surface area (Å²) in [4.78, 5) is 17.3. The Balaban J connectivity index is 1.77. The second-order valence-corrected chi connectivity index (χ2v) is 7.63. The van der Waals surface area contributed by atoms with Gasteiger partial charge in [0.15, 0.2) is 17.0 Å². The molecular formula is C18H10BrF3N4OS. The van der Waals surface area contributed by atoms with Gasteiger partial charge in [0.2, 0.25) is 0 Å². The minimum Gasteiger partial charge on any atom is -0.321 e. The molecule has 1 N–H and O–H groups in total. The first-order valence-electron chi connectivity index (χ1n) is 7.90. The predicted molar refractivity (Wildman–Crippen MR) is 103 cm³/mol. The lowest BCUT2D eigenvalue weighted by molar-refractivity contribution is -0.142. The van der Waals surface area contributed by atoms with Crippen LogP contribution in [0.2, 0.25) is 0 Å². The summed E-state index contributed by atoms with van der Waals surface area (Å²) in [6.45, 7) is 0. The Kier molecular flexibility index (Phi) is 4.68. The number of nitrogens with zero attached hydrogens (tertiary/aromatic N) is 3. The van der Waals surface area contributed by atoms with E-state index in [4.69, 9.17) is 0 Å². The SMILES string of the molecule is O=C(Nc1ccc(Br)cc1)c1cc2nc(-c3cccs3)cc(C(F)(F)F)n2n1. The summed E-state index contributed by atoms with van der Waals surface area (Å²) in [6, 6.07) is 12.4. The first kappa shape index (κ1) is 18.6. The fourth-order valence-corrected chi connectivity index (χ4v) is 3.52. The van der Waals surface area contributed by atoms with Crippen molar-refractivity contribution in [2.45, 2.75) is 6.18 Å². The van der Waals surface area contributed by atoms with E-state index in [9.17, 15) is 18.0 Å². The van der Waals surface area contributed by atoms with Crippen molar-refractivity contribution in [1.82, 2.24) is 14.6 Å². The highest BCUT2D eigenvalue weighted by molar-refractivity contribution is 9.10. The van der Waals surface area contributed by atoms with Gasteiger partial charge in [-0.1, -0.05) is 22.0 Å². The van der Waals surface area contributed by atoms with E-state index in [1.54, 1.807) is 41.8 Å². The summed E-state index contributed by atoms with van der Waals surface area (Å²) in [7, 11) is 0. The number of rotatable bonds is 3. The van der Waals surface area contributed by atoms with Crippen LogP contribution in [-0.2, 0) is 6.18 Å². The van der Waals surface area contributed by atoms with Crippen LogP contribution in [-0.4, -0.2) is 20.5 Å². The lowest BCUT2D eigenvalue weighted by Gasteiger charge is -2.10. The minimum absolute atomic E-state index is 0.0563. The number of carbonyl (C=O) groups is 1. The summed E-state index contributed by atoms with van der Waals surface area (Å²) >= 11 is 4.56. The lowest BCUT2D eigenvalue weighted by Crippen LogP contribution is -2.15. The molecule has 0 radical (unpaired) electrons. The molecule has 28 heavy (non-hydrogen) atoms. The molecule has 4 rings (SSSR count). The summed E-state index contributed by atoms with van der Waals surface area (Å²) in [5.74, 6) is -0.626. The largest absolute Gasteiger partial charge is 0.433 e. The molecule has 0 spiro atoms. The van der Waals surface area contributed by atoms with E-state index in [0.717, 1.165) is 10.5 Å². The van der Waals surface area contributed by atoms with Crippen LogP contribution in [0.4, 0.5) is 18.9 Å². The number of thiophene rings is 1. The number of halogens is 4. The first-order valence-corrected chi connectivity index (χ1v) is 9.57. The van der Waals surface area contributed by atoms with Crippen molar-refractivity contribution in [3.05, 3.63) is 69.8 Å². The normalized spacial score (nSPS) is 11.7. The molecule has 0 atom stereocenters. The van der Waals surface area contributed by atoms with E-state index in [2.05, 4.69) is 31.3 Å². The van der Waals surface area contributed by atoms with E-state index >= 15 is 0 Å². The van der Waals surface area contributed by atoms with Crippen LogP contribution in [0.25, 0.3) is 16.2 Å². The Morgan fingerprint density at radius 1 is 1.14 bits per heavy atom. The average molecular weight is 467 g/mol. The maximum atomic E-state index is 13.5. The molecule has 0 aliphatic heterocycles. The monoisotopic (exact) mass is 466 g/mol. The third-order valence-corrected chi connectivity index (χ3v) is 5.25. The number of fused-ring (bicyclic) bond motifs is 1. The maximum Gasteiger partial charge on any atom is 0.433 e. The number of hydrogen-bond acceptors (Lipinski definition) is 4. The van der Waals surface area contributed by atoms with Crippen LogP contribution in [0.3, 0.4) is 0 Å². The molecule has 0 unspecified atom stereocenters. The van der Waals surface area contributed by atoms with E-state index in [-0.39, 0.29) is 17.0 Å². The standard InChI is InChI=1S/C18H10BrF3N4OS/c19-10-3-5-11(6-4-10)23-17(27)13-9-16-24-12(14-2-1-7-28-14)8-15(18(20,21)22)26(16)25-13/h1-9H,(H,23,27). The van der Waals surface area contributed by atoms with Gasteiger partial charge in [-0.05, 0) is 41.8 Å². The molecule has 0 fully saturated rings. The molecule has 4 aromatic rings. The van der Waals surface area contributed by atoms with Crippen molar-refractivity contribution in [3.63, 3.8) is 0 Å². The zero-order chi connectivity index (χ0) is 19.9. The molecule has 10 heteroatoms. The Labute approximate surface area is 169 Å². The van der Waals surface area contributed by atoms with Crippen molar-refractivity contribution >= 4 is 44.5 Å². The minimum atomic E-state index is -4.65. The molecule has 1 amide bonds. The first-order chi connectivity index (χ1) is 13.3. The van der Waals surface area contributed by atoms with Crippen LogP contribution in [0.1, 0.15) is 16.2 Å². The quantitative estimate of drug-likeness (QED) is 0.434. The van der Waals surface area contributed by atoms with Gasteiger partial charge < -0.3 is 5.32 Å². The number of anilines is 1. The average Bonchev–Trinajstić information content (AvgIpc) is 3.31. The van der Waals surface area contributed by atoms with Gasteiger partial charge in [0.05, 0.1) is 10.6 Å². The smallest absolute Gasteiger partial charge is 0.321 e. The van der Waals surface area contributed by atoms with Crippen molar-refractivity contribution in [2.75, 3.05) is 5.32 Å². The predicted octanol–water partition coefficient (Wildman–Crippen LogP) is 5.49. The van der Waals surface area contributed by atoms with E-state index in [1.165, 1.54) is 17.4 Å². The third kappa shape index (κ3) is 3.65. The molecule has 142 valence electrons. The van der Waals surface area contributed by atoms with Crippen LogP contribution >= 0.6 is 27.3 Å². The lowest BCUT2D eigenvalue weighted by atomic mass is 10.2. The van der Waals surface area contributed by atoms with Gasteiger partial charge in [-0.2, -0.15) is 18.3 Å². The molecule has 3 aromatic heterocycles. The third-order valence-electron chi connectivity index (χ3n) is 3.83. The molecule has 1 aromatic carbocycles. The number of amides is 1. The van der Waals surface area contributed by atoms with Crippen molar-refractivity contribution in [3.8, 4) is 10.6 Å². The molecule has 0 saturated carbocycles. The van der Waals surface area contributed by atoms with Crippen molar-refractivity contribution < 1.29 is 18.0 Å². The fourth-order valence-electron chi connectivity index (χ4n) is 2.57. The fraction of sp³-hybridized carbons (Fsp3) is 0.0556. The molecule has 0 aliphatic carbocycles. The Bertz CT molecular complexity index is 1150. The van der Waals surface area contributed by atoms with Gasteiger partial charge in [-0.15, -0.1) is 11.3 Å². The highest BCUT2D eigenvalue weighted by atomic mass is 79.9. The zero-order valence-corrected chi connectivity index (χ0v) is 16.3. The summed E-state index contributed by atoms with van der Waals surface area (Å²) in [6.07, 6.45) is -4.65. The molecule has 0 bridgehead atoms. The van der Waals surface area contributed by atoms with Gasteiger partial charge in [0.25, 0.3) is 5.91 Å². The Morgan fingerprint density at radius 2 is 1.89 bits per heavy atom. The Hall–Kier alpha value is -2.72. The van der Waals surface area contributed by atoms with Gasteiger partial charge in [0, 0.05) is 16.2 Å². The number of aromatic nitrogens is 3. The van der Waals surface area contributed by atoms with Crippen LogP contribution in [0.15, 0.2) is 58.4 Å². The summed E-state index contributed by atoms with van der Waals surface area (Å²) in [5, 5.41) is 8.19. The number of hydrogen-bond donors (Lipinski definition) is 1. The highest BCUT2D eigenvalue weighted by Gasteiger charge is 2.35. The van der Waals surface area contributed by atoms with Crippen molar-refractivity contribution in [1.29, 1.82) is 0 Å². The highest BCUT2D eigenvalue weighted by Crippen LogP contribution is 2.33. The number of nitrogens with one attached hydrogen (secondary N) is 1. The van der Waals surface area contributed by atoms with Gasteiger partial charge in [0.1, 0.15) is 0 Å². The van der Waals surface area contributed by atoms with Crippen LogP contribution < -0.4 is 5.32 Å². The maximum absolute atomic E-state index is 13.5. The van der Waals surface area contributed by atoms with Crippen LogP contribution in [0.5, 0.6) is 0 Å². The van der Waals surface area contributed by atoms with E-state index < -0.39 is 17.8 Å². The molecule has 0 saturated heterocycles. The number of carbonyl (C=O) groups excluding carboxylic acids is 1. The summed E-state index contributed by atoms with van der Waals surface area (Å²) < 4.78 is 42.1. The second kappa shape index (κ2) is 7.02. The zero-order valence-electron chi connectivity index (χ0n) is 13.9. The molecule has 0 aliphatic rings. The summed E-state index contributed by atoms with van der Waals surface area (Å²) in [5.41, 5.74) is -0.546. The second-order valence-electron chi connectivity index (χ2n) is 5.76.